The van der Waals surface area contributed by atoms with Crippen LogP contribution in [-0.4, -0.2) is 49.3 Å². The van der Waals surface area contributed by atoms with Crippen LogP contribution in [-0.2, 0) is 24.1 Å². The number of hydrogen-bond acceptors (Lipinski definition) is 4. The Morgan fingerprint density at radius 2 is 1.97 bits per heavy atom. The molecule has 0 atom stereocenters. The Hall–Kier alpha value is -3.63. The molecule has 1 fully saturated rings. The van der Waals surface area contributed by atoms with E-state index < -0.39 is 30.0 Å². The molecular weight excluding hydrogens is 445 g/mol. The molecule has 0 unspecified atom stereocenters. The van der Waals surface area contributed by atoms with Crippen LogP contribution in [0.15, 0.2) is 55.1 Å². The molecule has 3 aromatic rings. The second-order valence-corrected chi connectivity index (χ2v) is 7.80. The molecular formula is C22H18F5N5O. The van der Waals surface area contributed by atoms with E-state index in [2.05, 4.69) is 15.1 Å². The highest BCUT2D eigenvalue weighted by Gasteiger charge is 2.45. The minimum atomic E-state index is -4.64. The van der Waals surface area contributed by atoms with Gasteiger partial charge in [-0.05, 0) is 35.4 Å². The van der Waals surface area contributed by atoms with Crippen LogP contribution in [0, 0.1) is 0 Å². The Morgan fingerprint density at radius 1 is 1.18 bits per heavy atom. The molecule has 172 valence electrons. The zero-order valence-corrected chi connectivity index (χ0v) is 17.1. The normalized spacial score (nSPS) is 15.6. The number of pyridine rings is 1. The van der Waals surface area contributed by atoms with Crippen molar-refractivity contribution in [1.29, 1.82) is 0 Å². The monoisotopic (exact) mass is 463 g/mol. The van der Waals surface area contributed by atoms with Crippen LogP contribution >= 0.6 is 0 Å². The van der Waals surface area contributed by atoms with Gasteiger partial charge in [-0.3, -0.25) is 9.78 Å². The molecule has 1 aliphatic heterocycles. The Balaban J connectivity index is 1.40. The van der Waals surface area contributed by atoms with Gasteiger partial charge in [0.1, 0.15) is 18.7 Å². The fourth-order valence-corrected chi connectivity index (χ4v) is 3.56. The standard InChI is InChI=1S/C22H18F5N5O/c23-10-16-6-17(8-18(7-16)22(25,26)27)20-29-14-32(30-20)5-3-19(33)31-12-21(24,13-31)9-15-2-1-4-28-11-15/h1-8,11,14H,9-10,12-13H2/b5-3-. The molecule has 0 bridgehead atoms. The Bertz CT molecular complexity index is 1170. The van der Waals surface area contributed by atoms with E-state index in [4.69, 9.17) is 0 Å². The third-order valence-corrected chi connectivity index (χ3v) is 5.11. The fourth-order valence-electron chi connectivity index (χ4n) is 3.56. The van der Waals surface area contributed by atoms with Crippen molar-refractivity contribution in [3.63, 3.8) is 0 Å². The van der Waals surface area contributed by atoms with Gasteiger partial charge in [0.2, 0.25) is 5.91 Å². The smallest absolute Gasteiger partial charge is 0.333 e. The third-order valence-electron chi connectivity index (χ3n) is 5.11. The summed E-state index contributed by atoms with van der Waals surface area (Å²) in [5, 5.41) is 4.02. The molecule has 0 N–H and O–H groups in total. The van der Waals surface area contributed by atoms with Gasteiger partial charge in [0.05, 0.1) is 18.7 Å². The zero-order chi connectivity index (χ0) is 23.6. The van der Waals surface area contributed by atoms with Gasteiger partial charge in [0, 0.05) is 36.7 Å². The van der Waals surface area contributed by atoms with Crippen LogP contribution < -0.4 is 0 Å². The van der Waals surface area contributed by atoms with Gasteiger partial charge in [0.25, 0.3) is 0 Å². The number of carbonyl (C=O) groups is 1. The van der Waals surface area contributed by atoms with Gasteiger partial charge >= 0.3 is 6.18 Å². The second-order valence-electron chi connectivity index (χ2n) is 7.80. The molecule has 2 aromatic heterocycles. The summed E-state index contributed by atoms with van der Waals surface area (Å²) < 4.78 is 68.1. The minimum absolute atomic E-state index is 0.00342. The Kier molecular flexibility index (Phi) is 5.96. The van der Waals surface area contributed by atoms with E-state index in [0.29, 0.717) is 0 Å². The zero-order valence-electron chi connectivity index (χ0n) is 17.1. The molecule has 11 heteroatoms. The van der Waals surface area contributed by atoms with Crippen molar-refractivity contribution in [3.8, 4) is 11.4 Å². The number of halogens is 5. The first kappa shape index (κ1) is 22.6. The van der Waals surface area contributed by atoms with Gasteiger partial charge in [-0.2, -0.15) is 13.2 Å². The average molecular weight is 463 g/mol. The first-order valence-electron chi connectivity index (χ1n) is 9.89. The van der Waals surface area contributed by atoms with Gasteiger partial charge in [-0.15, -0.1) is 5.10 Å². The van der Waals surface area contributed by atoms with Crippen molar-refractivity contribution < 1.29 is 26.7 Å². The maximum atomic E-state index is 14.8. The predicted molar refractivity (Wildman–Crippen MR) is 109 cm³/mol. The number of carbonyl (C=O) groups excluding carboxylic acids is 1. The van der Waals surface area contributed by atoms with E-state index in [0.717, 1.165) is 22.4 Å². The molecule has 3 heterocycles. The second kappa shape index (κ2) is 8.72. The first-order chi connectivity index (χ1) is 15.6. The van der Waals surface area contributed by atoms with Crippen molar-refractivity contribution in [2.24, 2.45) is 0 Å². The van der Waals surface area contributed by atoms with Crippen LogP contribution in [0.5, 0.6) is 0 Å². The van der Waals surface area contributed by atoms with Gasteiger partial charge in [0.15, 0.2) is 5.82 Å². The van der Waals surface area contributed by atoms with Crippen molar-refractivity contribution in [3.05, 3.63) is 71.8 Å². The molecule has 1 aromatic carbocycles. The first-order valence-corrected chi connectivity index (χ1v) is 9.89. The van der Waals surface area contributed by atoms with Crippen molar-refractivity contribution in [2.75, 3.05) is 13.1 Å². The number of benzene rings is 1. The molecule has 6 nitrogen and oxygen atoms in total. The lowest BCUT2D eigenvalue weighted by Crippen LogP contribution is -2.61. The summed E-state index contributed by atoms with van der Waals surface area (Å²) in [6.07, 6.45) is 2.32. The summed E-state index contributed by atoms with van der Waals surface area (Å²) in [5.41, 5.74) is -1.95. The molecule has 1 aliphatic rings. The van der Waals surface area contributed by atoms with E-state index in [9.17, 15) is 26.7 Å². The highest BCUT2D eigenvalue weighted by molar-refractivity contribution is 5.91. The largest absolute Gasteiger partial charge is 0.416 e. The number of aromatic nitrogens is 4. The Labute approximate surface area is 185 Å². The summed E-state index contributed by atoms with van der Waals surface area (Å²) in [6, 6.07) is 6.27. The van der Waals surface area contributed by atoms with E-state index in [-0.39, 0.29) is 36.5 Å². The van der Waals surface area contributed by atoms with Crippen LogP contribution in [0.4, 0.5) is 22.0 Å². The summed E-state index contributed by atoms with van der Waals surface area (Å²) in [5.74, 6) is -0.499. The maximum Gasteiger partial charge on any atom is 0.416 e. The number of alkyl halides is 5. The highest BCUT2D eigenvalue weighted by atomic mass is 19.4. The average Bonchev–Trinajstić information content (AvgIpc) is 3.24. The number of hydrogen-bond donors (Lipinski definition) is 0. The summed E-state index contributed by atoms with van der Waals surface area (Å²) >= 11 is 0. The van der Waals surface area contributed by atoms with E-state index in [1.165, 1.54) is 29.6 Å². The summed E-state index contributed by atoms with van der Waals surface area (Å²) in [4.78, 5) is 21.5. The number of amides is 1. The quantitative estimate of drug-likeness (QED) is 0.408. The van der Waals surface area contributed by atoms with Gasteiger partial charge < -0.3 is 4.90 Å². The number of nitrogens with zero attached hydrogens (tertiary/aromatic N) is 5. The maximum absolute atomic E-state index is 14.8. The lowest BCUT2D eigenvalue weighted by atomic mass is 9.89. The molecule has 0 aliphatic carbocycles. The van der Waals surface area contributed by atoms with Crippen LogP contribution in [0.3, 0.4) is 0 Å². The van der Waals surface area contributed by atoms with Crippen molar-refractivity contribution >= 4 is 12.1 Å². The molecule has 0 radical (unpaired) electrons. The Morgan fingerprint density at radius 3 is 2.64 bits per heavy atom. The van der Waals surface area contributed by atoms with E-state index in [1.54, 1.807) is 24.5 Å². The number of likely N-dealkylation sites (tertiary alicyclic amines) is 1. The van der Waals surface area contributed by atoms with Crippen molar-refractivity contribution in [1.82, 2.24) is 24.6 Å². The van der Waals surface area contributed by atoms with E-state index in [1.807, 2.05) is 0 Å². The van der Waals surface area contributed by atoms with Crippen molar-refractivity contribution in [2.45, 2.75) is 24.9 Å². The molecule has 0 spiro atoms. The highest BCUT2D eigenvalue weighted by Crippen LogP contribution is 2.33. The van der Waals surface area contributed by atoms with E-state index >= 15 is 0 Å². The molecule has 0 saturated carbocycles. The third kappa shape index (κ3) is 5.24. The molecule has 1 saturated heterocycles. The fraction of sp³-hybridized carbons (Fsp3) is 0.273. The molecule has 1 amide bonds. The number of rotatable bonds is 6. The van der Waals surface area contributed by atoms with Crippen LogP contribution in [0.2, 0.25) is 0 Å². The SMILES string of the molecule is O=C(/C=C\n1cnc(-c2cc(CF)cc(C(F)(F)F)c2)n1)N1CC(F)(Cc2cccnc2)C1. The lowest BCUT2D eigenvalue weighted by molar-refractivity contribution is -0.139. The van der Waals surface area contributed by atoms with Crippen LogP contribution in [0.1, 0.15) is 16.7 Å². The lowest BCUT2D eigenvalue weighted by Gasteiger charge is -2.44. The molecule has 4 rings (SSSR count). The van der Waals surface area contributed by atoms with Crippen LogP contribution in [0.25, 0.3) is 17.6 Å². The summed E-state index contributed by atoms with van der Waals surface area (Å²) in [6.45, 7) is -1.20. The predicted octanol–water partition coefficient (Wildman–Crippen LogP) is 4.09. The minimum Gasteiger partial charge on any atom is -0.333 e. The topological polar surface area (TPSA) is 63.9 Å². The summed E-state index contributed by atoms with van der Waals surface area (Å²) in [7, 11) is 0. The van der Waals surface area contributed by atoms with Gasteiger partial charge in [-0.25, -0.2) is 18.4 Å². The van der Waals surface area contributed by atoms with Gasteiger partial charge in [-0.1, -0.05) is 6.07 Å². The molecule has 33 heavy (non-hydrogen) atoms.